The second kappa shape index (κ2) is 11.0. The summed E-state index contributed by atoms with van der Waals surface area (Å²) in [4.78, 5) is 16.3. The number of benzene rings is 2. The first-order chi connectivity index (χ1) is 21.4. The minimum atomic E-state index is -4.53. The molecule has 5 rings (SSSR count). The number of aliphatic hydroxyl groups is 1. The van der Waals surface area contributed by atoms with E-state index in [4.69, 9.17) is 0 Å². The van der Waals surface area contributed by atoms with Crippen LogP contribution in [-0.4, -0.2) is 62.5 Å². The monoisotopic (exact) mass is 675 g/mol. The molecule has 0 saturated heterocycles. The summed E-state index contributed by atoms with van der Waals surface area (Å²) in [6.45, 7) is 19.2. The molecule has 256 valence electrons. The number of allylic oxidation sites excluding steroid dienone is 2. The largest absolute Gasteiger partial charge is 0.506 e. The first-order valence-electron chi connectivity index (χ1n) is 16.0. The molecule has 2 aromatic carbocycles. The maximum Gasteiger partial charge on any atom is 0.405 e. The van der Waals surface area contributed by atoms with E-state index in [1.807, 2.05) is 27.7 Å². The molecule has 3 aliphatic rings. The van der Waals surface area contributed by atoms with Gasteiger partial charge in [-0.25, -0.2) is 13.0 Å². The number of nitrogens with one attached hydrogen (secondary N) is 2. The van der Waals surface area contributed by atoms with Gasteiger partial charge in [0.2, 0.25) is 21.2 Å². The lowest BCUT2D eigenvalue weighted by Crippen LogP contribution is -2.42. The molecule has 8 nitrogen and oxygen atoms in total. The van der Waals surface area contributed by atoms with Gasteiger partial charge in [-0.15, -0.1) is 0 Å². The van der Waals surface area contributed by atoms with Gasteiger partial charge in [0.15, 0.2) is 6.04 Å². The molecule has 2 aliphatic heterocycles. The number of alkyl halides is 3. The van der Waals surface area contributed by atoms with Crippen molar-refractivity contribution in [3.63, 3.8) is 0 Å². The average Bonchev–Trinajstić information content (AvgIpc) is 3.23. The fourth-order valence-corrected chi connectivity index (χ4v) is 8.16. The molecule has 2 atom stereocenters. The summed E-state index contributed by atoms with van der Waals surface area (Å²) in [5.41, 5.74) is 2.03. The van der Waals surface area contributed by atoms with E-state index in [0.29, 0.717) is 0 Å². The number of hydrogen-bond acceptors (Lipinski definition) is 6. The fraction of sp³-hybridized carbons (Fsp3) is 0.543. The molecule has 1 aliphatic carbocycles. The van der Waals surface area contributed by atoms with Crippen LogP contribution in [0.5, 0.6) is 0 Å². The van der Waals surface area contributed by atoms with Crippen molar-refractivity contribution in [3.8, 4) is 0 Å². The van der Waals surface area contributed by atoms with Crippen LogP contribution in [0.4, 0.5) is 30.2 Å². The van der Waals surface area contributed by atoms with Crippen molar-refractivity contribution < 1.29 is 31.5 Å². The van der Waals surface area contributed by atoms with Crippen LogP contribution in [0.25, 0.3) is 11.1 Å². The lowest BCUT2D eigenvalue weighted by Gasteiger charge is -2.34. The van der Waals surface area contributed by atoms with Crippen molar-refractivity contribution in [2.45, 2.75) is 110 Å². The van der Waals surface area contributed by atoms with Crippen molar-refractivity contribution in [1.82, 2.24) is 4.58 Å². The van der Waals surface area contributed by atoms with Gasteiger partial charge in [0.25, 0.3) is 0 Å². The van der Waals surface area contributed by atoms with E-state index in [-0.39, 0.29) is 62.9 Å². The molecular weight excluding hydrogens is 629 g/mol. The van der Waals surface area contributed by atoms with Gasteiger partial charge < -0.3 is 15.3 Å². The Balaban J connectivity index is 1.82. The van der Waals surface area contributed by atoms with E-state index in [2.05, 4.69) is 61.1 Å². The maximum absolute atomic E-state index is 14.1. The minimum Gasteiger partial charge on any atom is -0.506 e. The molecule has 3 N–H and O–H groups in total. The summed E-state index contributed by atoms with van der Waals surface area (Å²) in [5, 5.41) is 15.1. The van der Waals surface area contributed by atoms with Crippen LogP contribution >= 0.6 is 0 Å². The van der Waals surface area contributed by atoms with Crippen molar-refractivity contribution in [1.29, 1.82) is 0 Å². The molecule has 0 saturated carbocycles. The normalized spacial score (nSPS) is 23.0. The maximum atomic E-state index is 14.1. The Kier molecular flexibility index (Phi) is 8.14. The summed E-state index contributed by atoms with van der Waals surface area (Å²) in [7, 11) is -3.79. The number of aliphatic hydroxyl groups excluding tert-OH is 1. The summed E-state index contributed by atoms with van der Waals surface area (Å²) in [6, 6.07) is 7.05. The number of nitrogens with zero attached hydrogens (tertiary/aromatic N) is 2. The molecule has 2 aromatic rings. The van der Waals surface area contributed by atoms with Crippen molar-refractivity contribution >= 4 is 44.0 Å². The van der Waals surface area contributed by atoms with Gasteiger partial charge in [-0.1, -0.05) is 13.8 Å². The number of rotatable bonds is 7. The van der Waals surface area contributed by atoms with Gasteiger partial charge in [-0.3, -0.25) is 9.52 Å². The zero-order valence-electron chi connectivity index (χ0n) is 28.9. The standard InChI is InChI=1S/C35H45F3N4O4S/c1-17(2)41-19(5)33(7,8)23-12-21(25(14-27(23)41)39-16-35(36,37)38)29-31(43)30(32(29)44)22-13-24-28(15-26(22)40-47(11,45)46)42(18(3)4)20(6)34(24,9)10/h12-15,17-20H,16H2,1-11H3,(H2,39,40,43,44)/p+1. The van der Waals surface area contributed by atoms with Crippen LogP contribution in [0.2, 0.25) is 0 Å². The third kappa shape index (κ3) is 5.59. The highest BCUT2D eigenvalue weighted by Gasteiger charge is 2.48. The molecular formula is C35H46F3N4O4S+. The van der Waals surface area contributed by atoms with Crippen LogP contribution in [0.1, 0.15) is 85.9 Å². The Morgan fingerprint density at radius 3 is 2.09 bits per heavy atom. The van der Waals surface area contributed by atoms with Gasteiger partial charge in [-0.05, 0) is 79.2 Å². The molecule has 2 heterocycles. The number of sulfonamides is 1. The highest BCUT2D eigenvalue weighted by Crippen LogP contribution is 2.51. The molecule has 12 heteroatoms. The summed E-state index contributed by atoms with van der Waals surface area (Å²) in [5.74, 6) is -0.973. The Morgan fingerprint density at radius 1 is 0.957 bits per heavy atom. The number of hydrogen-bond donors (Lipinski definition) is 3. The van der Waals surface area contributed by atoms with Gasteiger partial charge in [0.05, 0.1) is 28.5 Å². The Hall–Kier alpha value is -3.54. The summed E-state index contributed by atoms with van der Waals surface area (Å²) in [6.07, 6.45) is -3.51. The first-order valence-corrected chi connectivity index (χ1v) is 17.9. The SMILES string of the molecule is CC(C)N1c2cc(NS(C)(=O)=O)c(C3=C(O)C(=c4cc5c(cc4NCC(F)(F)F)=[N+](C(C)C)C(C)C5(C)C)C3=O)cc2C(C)(C)C1C. The van der Waals surface area contributed by atoms with E-state index >= 15 is 0 Å². The third-order valence-corrected chi connectivity index (χ3v) is 11.1. The number of anilines is 3. The Bertz CT molecular complexity index is 1960. The van der Waals surface area contributed by atoms with E-state index < -0.39 is 39.7 Å². The molecule has 47 heavy (non-hydrogen) atoms. The zero-order chi connectivity index (χ0) is 35.3. The van der Waals surface area contributed by atoms with Crippen LogP contribution in [0.15, 0.2) is 30.0 Å². The number of ketones is 1. The van der Waals surface area contributed by atoms with E-state index in [9.17, 15) is 31.5 Å². The zero-order valence-corrected chi connectivity index (χ0v) is 29.8. The quantitative estimate of drug-likeness (QED) is 0.349. The van der Waals surface area contributed by atoms with Gasteiger partial charge >= 0.3 is 6.18 Å². The van der Waals surface area contributed by atoms with E-state index in [1.54, 1.807) is 24.3 Å². The summed E-state index contributed by atoms with van der Waals surface area (Å²) < 4.78 is 70.1. The topological polar surface area (TPSA) is 102 Å². The molecule has 0 amide bonds. The van der Waals surface area contributed by atoms with Crippen LogP contribution < -0.4 is 30.1 Å². The van der Waals surface area contributed by atoms with Crippen molar-refractivity contribution in [2.75, 3.05) is 27.7 Å². The number of Topliss-reactive ketones (excluding diaryl/α,β-unsaturated/α-hetero) is 1. The highest BCUT2D eigenvalue weighted by molar-refractivity contribution is 7.92. The van der Waals surface area contributed by atoms with E-state index in [1.165, 1.54) is 0 Å². The second-order valence-corrected chi connectivity index (χ2v) is 16.6. The molecule has 2 unspecified atom stereocenters. The average molecular weight is 676 g/mol. The molecule has 0 fully saturated rings. The molecule has 0 spiro atoms. The highest BCUT2D eigenvalue weighted by atomic mass is 32.2. The predicted molar refractivity (Wildman–Crippen MR) is 182 cm³/mol. The molecule has 0 aromatic heterocycles. The smallest absolute Gasteiger partial charge is 0.405 e. The lowest BCUT2D eigenvalue weighted by molar-refractivity contribution is -0.115. The number of fused-ring (bicyclic) bond motifs is 2. The number of halogens is 3. The Morgan fingerprint density at radius 2 is 1.57 bits per heavy atom. The van der Waals surface area contributed by atoms with Gasteiger partial charge in [0.1, 0.15) is 18.3 Å². The second-order valence-electron chi connectivity index (χ2n) is 14.9. The predicted octanol–water partition coefficient (Wildman–Crippen LogP) is 5.21. The van der Waals surface area contributed by atoms with Crippen molar-refractivity contribution in [2.24, 2.45) is 0 Å². The Labute approximate surface area is 275 Å². The fourth-order valence-electron chi connectivity index (χ4n) is 7.59. The van der Waals surface area contributed by atoms with Gasteiger partial charge in [0, 0.05) is 51.3 Å². The minimum absolute atomic E-state index is 0.0113. The number of carbonyl (C=O) groups excluding carboxylic acids is 1. The van der Waals surface area contributed by atoms with Gasteiger partial charge in [-0.2, -0.15) is 13.2 Å². The summed E-state index contributed by atoms with van der Waals surface area (Å²) >= 11 is 0. The number of carbonyl (C=O) groups is 1. The van der Waals surface area contributed by atoms with Crippen molar-refractivity contribution in [3.05, 3.63) is 57.3 Å². The van der Waals surface area contributed by atoms with E-state index in [0.717, 1.165) is 28.4 Å². The first kappa shape index (κ1) is 34.8. The van der Waals surface area contributed by atoms with Crippen LogP contribution in [-0.2, 0) is 25.6 Å². The lowest BCUT2D eigenvalue weighted by atomic mass is 9.76. The third-order valence-electron chi connectivity index (χ3n) is 10.5. The molecule has 0 bridgehead atoms. The molecule has 0 radical (unpaired) electrons. The van der Waals surface area contributed by atoms with Crippen LogP contribution in [0.3, 0.4) is 0 Å². The van der Waals surface area contributed by atoms with Crippen LogP contribution in [0, 0.1) is 0 Å².